The van der Waals surface area contributed by atoms with Crippen molar-refractivity contribution in [1.82, 2.24) is 9.80 Å². The largest absolute Gasteiger partial charge is 0.325 e. The number of hydrogen-bond acceptors (Lipinski definition) is 3. The minimum Gasteiger partial charge on any atom is -0.325 e. The minimum absolute atomic E-state index is 0.0999. The predicted octanol–water partition coefficient (Wildman–Crippen LogP) is 3.32. The molecular weight excluding hydrogens is 334 g/mol. The van der Waals surface area contributed by atoms with Crippen molar-refractivity contribution >= 4 is 11.6 Å². The fourth-order valence-corrected chi connectivity index (χ4v) is 4.21. The molecule has 1 aliphatic heterocycles. The van der Waals surface area contributed by atoms with Crippen LogP contribution in [-0.2, 0) is 24.2 Å². The zero-order valence-corrected chi connectivity index (χ0v) is 16.2. The molecule has 0 spiro atoms. The zero-order valence-electron chi connectivity index (χ0n) is 16.2. The number of carbonyl (C=O) groups excluding carboxylic acids is 1. The molecular formula is C23H29N3O. The van der Waals surface area contributed by atoms with E-state index in [0.717, 1.165) is 44.8 Å². The van der Waals surface area contributed by atoms with E-state index >= 15 is 0 Å². The van der Waals surface area contributed by atoms with E-state index in [9.17, 15) is 4.79 Å². The fourth-order valence-electron chi connectivity index (χ4n) is 4.21. The summed E-state index contributed by atoms with van der Waals surface area (Å²) in [5.41, 5.74) is 5.13. The third kappa shape index (κ3) is 4.40. The maximum Gasteiger partial charge on any atom is 0.241 e. The Bertz CT molecular complexity index is 781. The molecule has 142 valence electrons. The topological polar surface area (TPSA) is 35.6 Å². The molecule has 0 aromatic heterocycles. The molecule has 0 unspecified atom stereocenters. The maximum absolute atomic E-state index is 12.7. The third-order valence-corrected chi connectivity index (χ3v) is 5.95. The average molecular weight is 364 g/mol. The van der Waals surface area contributed by atoms with Gasteiger partial charge in [0.1, 0.15) is 0 Å². The van der Waals surface area contributed by atoms with Gasteiger partial charge in [0.2, 0.25) is 5.91 Å². The van der Waals surface area contributed by atoms with Gasteiger partial charge in [-0.3, -0.25) is 14.6 Å². The number of nitrogens with one attached hydrogen (secondary N) is 1. The first-order chi connectivity index (χ1) is 13.2. The summed E-state index contributed by atoms with van der Waals surface area (Å²) in [6.45, 7) is 6.90. The predicted molar refractivity (Wildman–Crippen MR) is 110 cm³/mol. The first-order valence-electron chi connectivity index (χ1n) is 10.1. The van der Waals surface area contributed by atoms with Crippen molar-refractivity contribution in [3.8, 4) is 0 Å². The second-order valence-corrected chi connectivity index (χ2v) is 7.80. The van der Waals surface area contributed by atoms with E-state index in [1.54, 1.807) is 0 Å². The number of rotatable bonds is 5. The van der Waals surface area contributed by atoms with E-state index in [1.165, 1.54) is 29.5 Å². The van der Waals surface area contributed by atoms with Crippen molar-refractivity contribution in [3.63, 3.8) is 0 Å². The van der Waals surface area contributed by atoms with Crippen LogP contribution in [0.4, 0.5) is 5.69 Å². The van der Waals surface area contributed by atoms with E-state index in [1.807, 2.05) is 13.0 Å². The molecule has 1 N–H and O–H groups in total. The Morgan fingerprint density at radius 1 is 1.00 bits per heavy atom. The van der Waals surface area contributed by atoms with Gasteiger partial charge in [0, 0.05) is 38.4 Å². The first-order valence-corrected chi connectivity index (χ1v) is 10.1. The number of fused-ring (bicyclic) bond motifs is 1. The van der Waals surface area contributed by atoms with Gasteiger partial charge < -0.3 is 5.32 Å². The standard InChI is InChI=1S/C23H29N3O/c1-18(23(27)24-22-11-10-20-8-5-9-21(20)16-22)26-14-12-25(13-15-26)17-19-6-3-2-4-7-19/h2-4,6-7,10-11,16,18H,5,8-9,12-15,17H2,1H3,(H,24,27)/t18-/m1/s1. The molecule has 1 saturated heterocycles. The van der Waals surface area contributed by atoms with Crippen LogP contribution >= 0.6 is 0 Å². The number of anilines is 1. The highest BCUT2D eigenvalue weighted by atomic mass is 16.2. The molecule has 4 rings (SSSR count). The van der Waals surface area contributed by atoms with E-state index < -0.39 is 0 Å². The number of carbonyl (C=O) groups is 1. The molecule has 27 heavy (non-hydrogen) atoms. The molecule has 1 fully saturated rings. The summed E-state index contributed by atoms with van der Waals surface area (Å²) in [6.07, 6.45) is 3.54. The molecule has 2 aliphatic rings. The fraction of sp³-hybridized carbons (Fsp3) is 0.435. The van der Waals surface area contributed by atoms with Crippen LogP contribution in [0.15, 0.2) is 48.5 Å². The van der Waals surface area contributed by atoms with Gasteiger partial charge in [-0.1, -0.05) is 36.4 Å². The number of amides is 1. The second kappa shape index (κ2) is 8.24. The normalized spacial score (nSPS) is 18.9. The van der Waals surface area contributed by atoms with Gasteiger partial charge in [0.25, 0.3) is 0 Å². The van der Waals surface area contributed by atoms with Crippen molar-refractivity contribution in [2.45, 2.75) is 38.8 Å². The molecule has 4 nitrogen and oxygen atoms in total. The summed E-state index contributed by atoms with van der Waals surface area (Å²) in [4.78, 5) is 17.5. The van der Waals surface area contributed by atoms with Crippen LogP contribution in [0.25, 0.3) is 0 Å². The van der Waals surface area contributed by atoms with Gasteiger partial charge >= 0.3 is 0 Å². The number of aryl methyl sites for hydroxylation is 2. The Morgan fingerprint density at radius 3 is 2.52 bits per heavy atom. The van der Waals surface area contributed by atoms with Crippen molar-refractivity contribution < 1.29 is 4.79 Å². The molecule has 0 saturated carbocycles. The van der Waals surface area contributed by atoms with Gasteiger partial charge in [-0.25, -0.2) is 0 Å². The lowest BCUT2D eigenvalue weighted by Gasteiger charge is -2.37. The molecule has 2 aromatic carbocycles. The van der Waals surface area contributed by atoms with Crippen LogP contribution in [0.3, 0.4) is 0 Å². The van der Waals surface area contributed by atoms with Gasteiger partial charge in [-0.15, -0.1) is 0 Å². The Balaban J connectivity index is 1.28. The molecule has 2 aromatic rings. The summed E-state index contributed by atoms with van der Waals surface area (Å²) < 4.78 is 0. The summed E-state index contributed by atoms with van der Waals surface area (Å²) in [6, 6.07) is 16.9. The van der Waals surface area contributed by atoms with E-state index in [-0.39, 0.29) is 11.9 Å². The van der Waals surface area contributed by atoms with E-state index in [0.29, 0.717) is 0 Å². The number of hydrogen-bond donors (Lipinski definition) is 1. The van der Waals surface area contributed by atoms with Gasteiger partial charge in [0.05, 0.1) is 6.04 Å². The lowest BCUT2D eigenvalue weighted by Crippen LogP contribution is -2.52. The van der Waals surface area contributed by atoms with E-state index in [4.69, 9.17) is 0 Å². The van der Waals surface area contributed by atoms with Crippen LogP contribution in [0, 0.1) is 0 Å². The monoisotopic (exact) mass is 363 g/mol. The molecule has 1 heterocycles. The number of nitrogens with zero attached hydrogens (tertiary/aromatic N) is 2. The van der Waals surface area contributed by atoms with Crippen molar-refractivity contribution in [2.24, 2.45) is 0 Å². The first kappa shape index (κ1) is 18.2. The Morgan fingerprint density at radius 2 is 1.74 bits per heavy atom. The lowest BCUT2D eigenvalue weighted by atomic mass is 10.1. The zero-order chi connectivity index (χ0) is 18.6. The van der Waals surface area contributed by atoms with Crippen molar-refractivity contribution in [1.29, 1.82) is 0 Å². The summed E-state index contributed by atoms with van der Waals surface area (Å²) in [5, 5.41) is 3.13. The highest BCUT2D eigenvalue weighted by molar-refractivity contribution is 5.94. The molecule has 1 aliphatic carbocycles. The number of piperazine rings is 1. The van der Waals surface area contributed by atoms with Crippen LogP contribution in [0.5, 0.6) is 0 Å². The van der Waals surface area contributed by atoms with Crippen molar-refractivity contribution in [2.75, 3.05) is 31.5 Å². The number of benzene rings is 2. The molecule has 4 heteroatoms. The summed E-state index contributed by atoms with van der Waals surface area (Å²) in [5.74, 6) is 0.101. The van der Waals surface area contributed by atoms with E-state index in [2.05, 4.69) is 57.6 Å². The third-order valence-electron chi connectivity index (χ3n) is 5.95. The highest BCUT2D eigenvalue weighted by Gasteiger charge is 2.25. The molecule has 1 atom stereocenters. The van der Waals surface area contributed by atoms with Crippen molar-refractivity contribution in [3.05, 3.63) is 65.2 Å². The summed E-state index contributed by atoms with van der Waals surface area (Å²) in [7, 11) is 0. The van der Waals surface area contributed by atoms with Gasteiger partial charge in [-0.2, -0.15) is 0 Å². The quantitative estimate of drug-likeness (QED) is 0.885. The van der Waals surface area contributed by atoms with Crippen LogP contribution < -0.4 is 5.32 Å². The minimum atomic E-state index is -0.0999. The SMILES string of the molecule is C[C@H](C(=O)Nc1ccc2c(c1)CCC2)N1CCN(Cc2ccccc2)CC1. The Hall–Kier alpha value is -2.17. The molecule has 0 bridgehead atoms. The van der Waals surface area contributed by atoms with Crippen LogP contribution in [0.2, 0.25) is 0 Å². The van der Waals surface area contributed by atoms with Crippen LogP contribution in [-0.4, -0.2) is 47.9 Å². The Labute approximate surface area is 162 Å². The van der Waals surface area contributed by atoms with Gasteiger partial charge in [-0.05, 0) is 55.0 Å². The highest BCUT2D eigenvalue weighted by Crippen LogP contribution is 2.25. The maximum atomic E-state index is 12.7. The smallest absolute Gasteiger partial charge is 0.241 e. The van der Waals surface area contributed by atoms with Crippen LogP contribution in [0.1, 0.15) is 30.0 Å². The summed E-state index contributed by atoms with van der Waals surface area (Å²) >= 11 is 0. The Kier molecular flexibility index (Phi) is 5.55. The lowest BCUT2D eigenvalue weighted by molar-refractivity contribution is -0.121. The van der Waals surface area contributed by atoms with Gasteiger partial charge in [0.15, 0.2) is 0 Å². The second-order valence-electron chi connectivity index (χ2n) is 7.80. The molecule has 0 radical (unpaired) electrons. The molecule has 1 amide bonds. The average Bonchev–Trinajstić information content (AvgIpc) is 3.16.